The molecule has 0 aromatic carbocycles. The van der Waals surface area contributed by atoms with Gasteiger partial charge in [-0.15, -0.1) is 0 Å². The second-order valence-electron chi connectivity index (χ2n) is 6.96. The Morgan fingerprint density at radius 3 is 2.00 bits per heavy atom. The lowest BCUT2D eigenvalue weighted by Gasteiger charge is -2.07. The molecule has 0 amide bonds. The molecule has 0 fully saturated rings. The summed E-state index contributed by atoms with van der Waals surface area (Å²) < 4.78 is 4.90. The van der Waals surface area contributed by atoms with Crippen LogP contribution in [-0.4, -0.2) is 30.3 Å². The van der Waals surface area contributed by atoms with Gasteiger partial charge in [-0.25, -0.2) is 0 Å². The molecular weight excluding hydrogens is 330 g/mol. The molecule has 0 saturated carbocycles. The highest BCUT2D eigenvalue weighted by molar-refractivity contribution is 5.69. The number of aliphatic hydroxyl groups is 1. The van der Waals surface area contributed by atoms with E-state index in [0.29, 0.717) is 6.42 Å². The SMILES string of the molecule is CCCCCCCC/C=C\CCCCCCCC(=O)OCC(CO)N=O. The lowest BCUT2D eigenvalue weighted by Crippen LogP contribution is -2.20. The summed E-state index contributed by atoms with van der Waals surface area (Å²) in [4.78, 5) is 21.7. The van der Waals surface area contributed by atoms with Gasteiger partial charge in [-0.3, -0.25) is 4.79 Å². The Hall–Kier alpha value is -1.23. The predicted octanol–water partition coefficient (Wildman–Crippen LogP) is 5.69. The van der Waals surface area contributed by atoms with Crippen LogP contribution in [0.3, 0.4) is 0 Å². The molecule has 0 bridgehead atoms. The molecule has 0 rings (SSSR count). The van der Waals surface area contributed by atoms with Crippen molar-refractivity contribution in [3.8, 4) is 0 Å². The summed E-state index contributed by atoms with van der Waals surface area (Å²) in [6.07, 6.45) is 20.9. The first-order chi connectivity index (χ1) is 12.7. The number of ether oxygens (including phenoxy) is 1. The van der Waals surface area contributed by atoms with Crippen LogP contribution in [0.15, 0.2) is 17.3 Å². The Morgan fingerprint density at radius 1 is 0.923 bits per heavy atom. The number of rotatable bonds is 19. The van der Waals surface area contributed by atoms with Crippen LogP contribution in [0.1, 0.15) is 96.8 Å². The molecule has 0 aliphatic carbocycles. The van der Waals surface area contributed by atoms with E-state index in [1.807, 2.05) is 0 Å². The van der Waals surface area contributed by atoms with Crippen LogP contribution in [0.25, 0.3) is 0 Å². The minimum absolute atomic E-state index is 0.121. The van der Waals surface area contributed by atoms with Gasteiger partial charge in [-0.1, -0.05) is 75.6 Å². The number of unbranched alkanes of at least 4 members (excludes halogenated alkanes) is 11. The minimum Gasteiger partial charge on any atom is -0.463 e. The van der Waals surface area contributed by atoms with E-state index in [0.717, 1.165) is 25.7 Å². The maximum Gasteiger partial charge on any atom is 0.305 e. The summed E-state index contributed by atoms with van der Waals surface area (Å²) in [5, 5.41) is 11.4. The van der Waals surface area contributed by atoms with Crippen molar-refractivity contribution >= 4 is 5.97 Å². The van der Waals surface area contributed by atoms with Gasteiger partial charge in [0.2, 0.25) is 0 Å². The molecule has 0 aromatic rings. The van der Waals surface area contributed by atoms with Crippen molar-refractivity contribution in [3.63, 3.8) is 0 Å². The van der Waals surface area contributed by atoms with Gasteiger partial charge in [0.1, 0.15) is 12.6 Å². The molecule has 152 valence electrons. The minimum atomic E-state index is -0.840. The zero-order valence-corrected chi connectivity index (χ0v) is 16.7. The summed E-state index contributed by atoms with van der Waals surface area (Å²) >= 11 is 0. The van der Waals surface area contributed by atoms with Crippen molar-refractivity contribution in [1.29, 1.82) is 0 Å². The Morgan fingerprint density at radius 2 is 1.46 bits per heavy atom. The van der Waals surface area contributed by atoms with Crippen molar-refractivity contribution in [2.24, 2.45) is 5.18 Å². The molecule has 26 heavy (non-hydrogen) atoms. The van der Waals surface area contributed by atoms with Gasteiger partial charge in [0.25, 0.3) is 0 Å². The molecule has 1 unspecified atom stereocenters. The molecule has 5 heteroatoms. The number of esters is 1. The topological polar surface area (TPSA) is 76.0 Å². The summed E-state index contributed by atoms with van der Waals surface area (Å²) in [6, 6.07) is -0.840. The molecular formula is C21H39NO4. The number of nitrogens with zero attached hydrogens (tertiary/aromatic N) is 1. The van der Waals surface area contributed by atoms with E-state index < -0.39 is 6.04 Å². The number of hydrogen-bond acceptors (Lipinski definition) is 5. The van der Waals surface area contributed by atoms with Crippen LogP contribution in [0, 0.1) is 4.91 Å². The van der Waals surface area contributed by atoms with Crippen LogP contribution in [0.5, 0.6) is 0 Å². The summed E-state index contributed by atoms with van der Waals surface area (Å²) in [6.45, 7) is 1.74. The van der Waals surface area contributed by atoms with E-state index in [9.17, 15) is 9.70 Å². The van der Waals surface area contributed by atoms with Gasteiger partial charge in [-0.05, 0) is 32.1 Å². The van der Waals surface area contributed by atoms with Gasteiger partial charge in [0.05, 0.1) is 6.61 Å². The molecule has 0 heterocycles. The number of aliphatic hydroxyl groups excluding tert-OH is 1. The molecule has 0 spiro atoms. The Labute approximate surface area is 159 Å². The summed E-state index contributed by atoms with van der Waals surface area (Å²) in [5.74, 6) is -0.315. The summed E-state index contributed by atoms with van der Waals surface area (Å²) in [7, 11) is 0. The highest BCUT2D eigenvalue weighted by Gasteiger charge is 2.10. The number of hydrogen-bond donors (Lipinski definition) is 1. The standard InChI is InChI=1S/C21H39NO4/c1-2-3-4-5-6-7-8-9-10-11-12-13-14-15-16-17-21(24)26-19-20(18-23)22-25/h9-10,20,23H,2-8,11-19H2,1H3/b10-9-. The van der Waals surface area contributed by atoms with Crippen molar-refractivity contribution in [2.45, 2.75) is 103 Å². The number of carbonyl (C=O) groups excluding carboxylic acids is 1. The first kappa shape index (κ1) is 24.8. The predicted molar refractivity (Wildman–Crippen MR) is 107 cm³/mol. The highest BCUT2D eigenvalue weighted by atomic mass is 16.5. The molecule has 0 radical (unpaired) electrons. The second-order valence-corrected chi connectivity index (χ2v) is 6.96. The fourth-order valence-electron chi connectivity index (χ4n) is 2.72. The summed E-state index contributed by atoms with van der Waals surface area (Å²) in [5.41, 5.74) is 0. The molecule has 5 nitrogen and oxygen atoms in total. The van der Waals surface area contributed by atoms with Crippen LogP contribution in [-0.2, 0) is 9.53 Å². The van der Waals surface area contributed by atoms with E-state index in [1.54, 1.807) is 0 Å². The maximum atomic E-state index is 11.5. The fourth-order valence-corrected chi connectivity index (χ4v) is 2.72. The van der Waals surface area contributed by atoms with Crippen LogP contribution in [0.2, 0.25) is 0 Å². The third-order valence-corrected chi connectivity index (χ3v) is 4.44. The van der Waals surface area contributed by atoms with E-state index >= 15 is 0 Å². The number of allylic oxidation sites excluding steroid dienone is 2. The van der Waals surface area contributed by atoms with Gasteiger partial charge >= 0.3 is 5.97 Å². The van der Waals surface area contributed by atoms with E-state index in [2.05, 4.69) is 24.3 Å². The molecule has 0 aliphatic rings. The number of nitroso groups, excluding NO2 is 1. The van der Waals surface area contributed by atoms with Crippen molar-refractivity contribution in [3.05, 3.63) is 17.1 Å². The zero-order valence-electron chi connectivity index (χ0n) is 16.7. The van der Waals surface area contributed by atoms with E-state index in [-0.39, 0.29) is 19.2 Å². The lowest BCUT2D eigenvalue weighted by atomic mass is 10.1. The van der Waals surface area contributed by atoms with E-state index in [4.69, 9.17) is 9.84 Å². The Balaban J connectivity index is 3.29. The molecule has 0 aliphatic heterocycles. The maximum absolute atomic E-state index is 11.5. The van der Waals surface area contributed by atoms with Crippen LogP contribution < -0.4 is 0 Å². The van der Waals surface area contributed by atoms with Crippen LogP contribution >= 0.6 is 0 Å². The molecule has 0 saturated heterocycles. The first-order valence-electron chi connectivity index (χ1n) is 10.5. The molecule has 1 atom stereocenters. The normalized spacial score (nSPS) is 12.4. The smallest absolute Gasteiger partial charge is 0.305 e. The first-order valence-corrected chi connectivity index (χ1v) is 10.5. The molecule has 0 aromatic heterocycles. The fraction of sp³-hybridized carbons (Fsp3) is 0.857. The van der Waals surface area contributed by atoms with Crippen LogP contribution in [0.4, 0.5) is 0 Å². The molecule has 1 N–H and O–H groups in total. The second kappa shape index (κ2) is 20.1. The zero-order chi connectivity index (χ0) is 19.3. The Kier molecular flexibility index (Phi) is 19.1. The Bertz CT molecular complexity index is 358. The van der Waals surface area contributed by atoms with E-state index in [1.165, 1.54) is 57.8 Å². The van der Waals surface area contributed by atoms with Gasteiger partial charge in [0.15, 0.2) is 0 Å². The van der Waals surface area contributed by atoms with Crippen molar-refractivity contribution in [2.75, 3.05) is 13.2 Å². The van der Waals surface area contributed by atoms with Gasteiger partial charge in [-0.2, -0.15) is 4.91 Å². The number of carbonyl (C=O) groups is 1. The van der Waals surface area contributed by atoms with Crippen molar-refractivity contribution < 1.29 is 14.6 Å². The van der Waals surface area contributed by atoms with Crippen molar-refractivity contribution in [1.82, 2.24) is 0 Å². The largest absolute Gasteiger partial charge is 0.463 e. The third kappa shape index (κ3) is 17.6. The lowest BCUT2D eigenvalue weighted by molar-refractivity contribution is -0.144. The van der Waals surface area contributed by atoms with Gasteiger partial charge in [0, 0.05) is 6.42 Å². The quantitative estimate of drug-likeness (QED) is 0.137. The average molecular weight is 370 g/mol. The average Bonchev–Trinajstić information content (AvgIpc) is 2.65. The highest BCUT2D eigenvalue weighted by Crippen LogP contribution is 2.10. The third-order valence-electron chi connectivity index (χ3n) is 4.44. The monoisotopic (exact) mass is 369 g/mol. The van der Waals surface area contributed by atoms with Gasteiger partial charge < -0.3 is 9.84 Å².